The lowest BCUT2D eigenvalue weighted by Crippen LogP contribution is -1.88. The van der Waals surface area contributed by atoms with Gasteiger partial charge in [-0.15, -0.1) is 10.2 Å². The van der Waals surface area contributed by atoms with Crippen LogP contribution in [-0.2, 0) is 0 Å². The zero-order valence-electron chi connectivity index (χ0n) is 13.7. The van der Waals surface area contributed by atoms with Crippen LogP contribution in [0.15, 0.2) is 52.8 Å². The third kappa shape index (κ3) is 2.88. The van der Waals surface area contributed by atoms with Crippen molar-refractivity contribution in [2.75, 3.05) is 0 Å². The van der Waals surface area contributed by atoms with Gasteiger partial charge >= 0.3 is 0 Å². The second kappa shape index (κ2) is 6.19. The molecule has 0 unspecified atom stereocenters. The third-order valence-electron chi connectivity index (χ3n) is 3.73. The lowest BCUT2D eigenvalue weighted by Gasteiger charge is -2.02. The van der Waals surface area contributed by atoms with Gasteiger partial charge in [0.1, 0.15) is 5.65 Å². The summed E-state index contributed by atoms with van der Waals surface area (Å²) in [7, 11) is 0. The fourth-order valence-electron chi connectivity index (χ4n) is 2.41. The second-order valence-corrected chi connectivity index (χ2v) is 5.83. The Bertz CT molecular complexity index is 943. The number of nitro benzene ring substituents is 1. The normalized spacial score (nSPS) is 11.7. The molecule has 0 atom stereocenters. The summed E-state index contributed by atoms with van der Waals surface area (Å²) in [4.78, 5) is 15.1. The van der Waals surface area contributed by atoms with Crippen molar-refractivity contribution in [2.45, 2.75) is 26.7 Å². The number of azo groups is 1. The van der Waals surface area contributed by atoms with Crippen LogP contribution in [0.3, 0.4) is 0 Å². The van der Waals surface area contributed by atoms with Gasteiger partial charge in [-0.3, -0.25) is 14.5 Å². The summed E-state index contributed by atoms with van der Waals surface area (Å²) in [6, 6.07) is 10.3. The highest BCUT2D eigenvalue weighted by atomic mass is 16.6. The fourth-order valence-corrected chi connectivity index (χ4v) is 2.41. The van der Waals surface area contributed by atoms with Gasteiger partial charge in [0, 0.05) is 18.3 Å². The van der Waals surface area contributed by atoms with E-state index < -0.39 is 4.92 Å². The highest BCUT2D eigenvalue weighted by Gasteiger charge is 2.15. The van der Waals surface area contributed by atoms with E-state index in [1.54, 1.807) is 6.07 Å². The molecule has 1 aromatic carbocycles. The molecular weight excluding hydrogens is 306 g/mol. The van der Waals surface area contributed by atoms with Crippen molar-refractivity contribution in [3.63, 3.8) is 0 Å². The van der Waals surface area contributed by atoms with Gasteiger partial charge < -0.3 is 0 Å². The average Bonchev–Trinajstić information content (AvgIpc) is 2.93. The van der Waals surface area contributed by atoms with Gasteiger partial charge in [-0.05, 0) is 30.5 Å². The Morgan fingerprint density at radius 1 is 1.21 bits per heavy atom. The summed E-state index contributed by atoms with van der Waals surface area (Å²) in [5.74, 6) is 0.830. The van der Waals surface area contributed by atoms with Gasteiger partial charge in [0.05, 0.1) is 16.3 Å². The molecule has 122 valence electrons. The molecule has 7 nitrogen and oxygen atoms in total. The number of benzene rings is 1. The zero-order chi connectivity index (χ0) is 17.3. The lowest BCUT2D eigenvalue weighted by molar-refractivity contribution is -0.384. The largest absolute Gasteiger partial charge is 0.283 e. The quantitative estimate of drug-likeness (QED) is 0.381. The molecule has 3 aromatic rings. The maximum absolute atomic E-state index is 10.9. The number of pyridine rings is 1. The molecule has 0 aliphatic carbocycles. The van der Waals surface area contributed by atoms with E-state index >= 15 is 0 Å². The first kappa shape index (κ1) is 15.8. The Kier molecular flexibility index (Phi) is 4.07. The molecule has 0 N–H and O–H groups in total. The number of nitro groups is 1. The second-order valence-electron chi connectivity index (χ2n) is 5.83. The molecule has 2 heterocycles. The van der Waals surface area contributed by atoms with E-state index in [1.165, 1.54) is 12.1 Å². The summed E-state index contributed by atoms with van der Waals surface area (Å²) in [5.41, 5.74) is 2.93. The van der Waals surface area contributed by atoms with E-state index in [-0.39, 0.29) is 11.6 Å². The number of non-ortho nitro benzene ring substituents is 1. The first-order valence-corrected chi connectivity index (χ1v) is 7.61. The number of hydrogen-bond acceptors (Lipinski definition) is 5. The smallest absolute Gasteiger partial charge is 0.271 e. The van der Waals surface area contributed by atoms with Gasteiger partial charge in [-0.2, -0.15) is 0 Å². The monoisotopic (exact) mass is 323 g/mol. The first-order chi connectivity index (χ1) is 11.5. The average molecular weight is 323 g/mol. The minimum atomic E-state index is -0.438. The molecular formula is C17H17N5O2. The summed E-state index contributed by atoms with van der Waals surface area (Å²) in [6.07, 6.45) is 1.88. The van der Waals surface area contributed by atoms with Crippen LogP contribution in [0, 0.1) is 17.0 Å². The van der Waals surface area contributed by atoms with Crippen molar-refractivity contribution in [2.24, 2.45) is 10.2 Å². The lowest BCUT2D eigenvalue weighted by atomic mass is 10.1. The number of imidazole rings is 1. The van der Waals surface area contributed by atoms with Crippen molar-refractivity contribution in [3.8, 4) is 0 Å². The van der Waals surface area contributed by atoms with Crippen molar-refractivity contribution in [1.82, 2.24) is 9.38 Å². The summed E-state index contributed by atoms with van der Waals surface area (Å²) in [6.45, 7) is 5.93. The van der Waals surface area contributed by atoms with E-state index in [2.05, 4.69) is 15.2 Å². The van der Waals surface area contributed by atoms with Gasteiger partial charge in [0.15, 0.2) is 5.82 Å². The number of nitrogens with zero attached hydrogens (tertiary/aromatic N) is 5. The van der Waals surface area contributed by atoms with E-state index in [1.807, 2.05) is 49.6 Å². The van der Waals surface area contributed by atoms with Crippen LogP contribution >= 0.6 is 0 Å². The van der Waals surface area contributed by atoms with Crippen LogP contribution in [-0.4, -0.2) is 14.3 Å². The molecule has 0 aliphatic rings. The molecule has 0 fully saturated rings. The molecule has 0 saturated carbocycles. The highest BCUT2D eigenvalue weighted by Crippen LogP contribution is 2.31. The Morgan fingerprint density at radius 2 is 2.00 bits per heavy atom. The fraction of sp³-hybridized carbons (Fsp3) is 0.235. The predicted molar refractivity (Wildman–Crippen MR) is 91.3 cm³/mol. The Morgan fingerprint density at radius 3 is 2.71 bits per heavy atom. The SMILES string of the molecule is Cc1ccc([N+](=O)[O-])cc1N=Nc1c(C(C)C)nc2ccccn12. The van der Waals surface area contributed by atoms with Gasteiger partial charge in [-0.1, -0.05) is 26.0 Å². The standard InChI is InChI=1S/C17H17N5O2/c1-11(2)16-17(21-9-5-4-6-15(21)18-16)20-19-14-10-13(22(23)24)8-7-12(14)3/h4-11H,1-3H3. The van der Waals surface area contributed by atoms with E-state index in [9.17, 15) is 10.1 Å². The number of hydrogen-bond donors (Lipinski definition) is 0. The number of aryl methyl sites for hydroxylation is 1. The summed E-state index contributed by atoms with van der Waals surface area (Å²) < 4.78 is 1.87. The van der Waals surface area contributed by atoms with Crippen molar-refractivity contribution in [3.05, 3.63) is 64.0 Å². The molecule has 0 saturated heterocycles. The Hall–Kier alpha value is -3.09. The van der Waals surface area contributed by atoms with Crippen LogP contribution < -0.4 is 0 Å². The minimum absolute atomic E-state index is 0.00299. The van der Waals surface area contributed by atoms with E-state index in [0.29, 0.717) is 11.5 Å². The predicted octanol–water partition coefficient (Wildman–Crippen LogP) is 5.09. The first-order valence-electron chi connectivity index (χ1n) is 7.61. The number of fused-ring (bicyclic) bond motifs is 1. The topological polar surface area (TPSA) is 85.2 Å². The summed E-state index contributed by atoms with van der Waals surface area (Å²) in [5, 5.41) is 19.5. The third-order valence-corrected chi connectivity index (χ3v) is 3.73. The van der Waals surface area contributed by atoms with E-state index in [4.69, 9.17) is 0 Å². The van der Waals surface area contributed by atoms with Crippen LogP contribution in [0.25, 0.3) is 5.65 Å². The number of aromatic nitrogens is 2. The molecule has 0 bridgehead atoms. The molecule has 0 radical (unpaired) electrons. The van der Waals surface area contributed by atoms with Gasteiger partial charge in [-0.25, -0.2) is 4.98 Å². The van der Waals surface area contributed by atoms with Crippen LogP contribution in [0.2, 0.25) is 0 Å². The van der Waals surface area contributed by atoms with Crippen molar-refractivity contribution in [1.29, 1.82) is 0 Å². The summed E-state index contributed by atoms with van der Waals surface area (Å²) >= 11 is 0. The molecule has 7 heteroatoms. The van der Waals surface area contributed by atoms with Crippen molar-refractivity contribution < 1.29 is 4.92 Å². The van der Waals surface area contributed by atoms with Gasteiger partial charge in [0.2, 0.25) is 0 Å². The van der Waals surface area contributed by atoms with Crippen LogP contribution in [0.4, 0.5) is 17.2 Å². The van der Waals surface area contributed by atoms with Crippen LogP contribution in [0.5, 0.6) is 0 Å². The molecule has 0 amide bonds. The highest BCUT2D eigenvalue weighted by molar-refractivity contribution is 5.55. The number of rotatable bonds is 4. The molecule has 3 rings (SSSR count). The maximum Gasteiger partial charge on any atom is 0.271 e. The van der Waals surface area contributed by atoms with Gasteiger partial charge in [0.25, 0.3) is 5.69 Å². The Balaban J connectivity index is 2.10. The molecule has 24 heavy (non-hydrogen) atoms. The van der Waals surface area contributed by atoms with E-state index in [0.717, 1.165) is 16.9 Å². The maximum atomic E-state index is 10.9. The Labute approximate surface area is 138 Å². The van der Waals surface area contributed by atoms with Crippen molar-refractivity contribution >= 4 is 22.8 Å². The molecule has 0 aliphatic heterocycles. The zero-order valence-corrected chi connectivity index (χ0v) is 13.7. The molecule has 2 aromatic heterocycles. The minimum Gasteiger partial charge on any atom is -0.283 e. The van der Waals surface area contributed by atoms with Crippen LogP contribution in [0.1, 0.15) is 31.0 Å². The molecule has 0 spiro atoms.